The van der Waals surface area contributed by atoms with Crippen molar-refractivity contribution in [3.8, 4) is 0 Å². The Kier molecular flexibility index (Phi) is 6.27. The van der Waals surface area contributed by atoms with Crippen molar-refractivity contribution < 1.29 is 9.53 Å². The van der Waals surface area contributed by atoms with Crippen LogP contribution >= 0.6 is 23.5 Å². The van der Waals surface area contributed by atoms with Gasteiger partial charge in [-0.05, 0) is 12.5 Å². The minimum Gasteiger partial charge on any atom is -0.377 e. The summed E-state index contributed by atoms with van der Waals surface area (Å²) < 4.78 is 4.75. The Bertz CT molecular complexity index is 102. The highest BCUT2D eigenvalue weighted by molar-refractivity contribution is 8.17. The molecule has 0 rings (SSSR count). The topological polar surface area (TPSA) is 26.3 Å². The molecule has 0 heterocycles. The number of hydrogen-bond donors (Lipinski definition) is 0. The van der Waals surface area contributed by atoms with Crippen molar-refractivity contribution in [1.29, 1.82) is 0 Å². The van der Waals surface area contributed by atoms with Crippen LogP contribution in [0, 0.1) is 0 Å². The fourth-order valence-corrected chi connectivity index (χ4v) is 2.00. The fourth-order valence-electron chi connectivity index (χ4n) is 0.569. The number of carbonyl (C=O) groups excluding carboxylic acids is 1. The molecule has 0 aromatic carbocycles. The lowest BCUT2D eigenvalue weighted by Crippen LogP contribution is -2.17. The number of Topliss-reactive ketones (excluding diaryl/α,β-unsaturated/α-hetero) is 1. The molecule has 0 bridgehead atoms. The van der Waals surface area contributed by atoms with Gasteiger partial charge in [0.2, 0.25) is 0 Å². The summed E-state index contributed by atoms with van der Waals surface area (Å²) >= 11 is 3.10. The predicted octanol–water partition coefficient (Wildman–Crippen LogP) is 1.25. The van der Waals surface area contributed by atoms with Gasteiger partial charge in [0, 0.05) is 7.11 Å². The van der Waals surface area contributed by atoms with Crippen molar-refractivity contribution in [3.63, 3.8) is 0 Å². The van der Waals surface area contributed by atoms with Crippen molar-refractivity contribution in [2.75, 3.05) is 26.2 Å². The quantitative estimate of drug-likeness (QED) is 0.595. The molecular weight excluding hydrogens is 168 g/mol. The second-order valence-corrected chi connectivity index (χ2v) is 3.89. The van der Waals surface area contributed by atoms with Crippen LogP contribution < -0.4 is 0 Å². The Morgan fingerprint density at radius 3 is 2.30 bits per heavy atom. The number of carbonyl (C=O) groups is 1. The van der Waals surface area contributed by atoms with Crippen molar-refractivity contribution in [1.82, 2.24) is 0 Å². The van der Waals surface area contributed by atoms with E-state index in [0.717, 1.165) is 0 Å². The zero-order valence-electron chi connectivity index (χ0n) is 6.42. The first-order valence-electron chi connectivity index (χ1n) is 2.83. The summed E-state index contributed by atoms with van der Waals surface area (Å²) in [5.74, 6) is 0.155. The maximum absolute atomic E-state index is 11.0. The molecule has 0 aliphatic rings. The van der Waals surface area contributed by atoms with E-state index in [2.05, 4.69) is 0 Å². The molecule has 0 aromatic heterocycles. The van der Waals surface area contributed by atoms with Gasteiger partial charge in [-0.3, -0.25) is 4.79 Å². The normalized spacial score (nSPS) is 10.4. The van der Waals surface area contributed by atoms with E-state index in [4.69, 9.17) is 4.74 Å². The second kappa shape index (κ2) is 6.07. The number of rotatable bonds is 5. The van der Waals surface area contributed by atoms with Crippen LogP contribution in [0.1, 0.15) is 0 Å². The van der Waals surface area contributed by atoms with Crippen LogP contribution in [0.5, 0.6) is 0 Å². The third-order valence-electron chi connectivity index (χ3n) is 0.978. The van der Waals surface area contributed by atoms with E-state index < -0.39 is 0 Å². The van der Waals surface area contributed by atoms with Crippen LogP contribution in [0.2, 0.25) is 0 Å². The summed E-state index contributed by atoms with van der Waals surface area (Å²) in [6.45, 7) is 0.229. The molecule has 60 valence electrons. The summed E-state index contributed by atoms with van der Waals surface area (Å²) in [6, 6.07) is 0. The largest absolute Gasteiger partial charge is 0.377 e. The summed E-state index contributed by atoms with van der Waals surface area (Å²) in [6.07, 6.45) is 3.85. The number of methoxy groups -OCH3 is 1. The highest BCUT2D eigenvalue weighted by Crippen LogP contribution is 2.18. The Labute approximate surface area is 70.1 Å². The molecule has 10 heavy (non-hydrogen) atoms. The van der Waals surface area contributed by atoms with Crippen LogP contribution in [0.15, 0.2) is 0 Å². The smallest absolute Gasteiger partial charge is 0.181 e. The van der Waals surface area contributed by atoms with E-state index in [1.54, 1.807) is 23.5 Å². The van der Waals surface area contributed by atoms with Gasteiger partial charge in [-0.15, -0.1) is 23.5 Å². The molecule has 4 heteroatoms. The van der Waals surface area contributed by atoms with Crippen LogP contribution in [-0.2, 0) is 9.53 Å². The first kappa shape index (κ1) is 10.3. The fraction of sp³-hybridized carbons (Fsp3) is 0.833. The first-order chi connectivity index (χ1) is 4.76. The monoisotopic (exact) mass is 180 g/mol. The summed E-state index contributed by atoms with van der Waals surface area (Å²) in [5.41, 5.74) is 0. The Balaban J connectivity index is 3.65. The SMILES string of the molecule is COCC(=O)C(SC)SC. The lowest BCUT2D eigenvalue weighted by molar-refractivity contribution is -0.120. The maximum atomic E-state index is 11.0. The minimum atomic E-state index is 0.0416. The van der Waals surface area contributed by atoms with Crippen molar-refractivity contribution in [3.05, 3.63) is 0 Å². The molecule has 0 aromatic rings. The molecule has 0 saturated heterocycles. The van der Waals surface area contributed by atoms with E-state index in [9.17, 15) is 4.79 Å². The van der Waals surface area contributed by atoms with Gasteiger partial charge in [-0.2, -0.15) is 0 Å². The number of ketones is 1. The van der Waals surface area contributed by atoms with E-state index in [1.807, 2.05) is 12.5 Å². The van der Waals surface area contributed by atoms with Gasteiger partial charge in [0.05, 0.1) is 0 Å². The third-order valence-corrected chi connectivity index (χ3v) is 3.51. The van der Waals surface area contributed by atoms with Gasteiger partial charge in [0.1, 0.15) is 11.2 Å². The van der Waals surface area contributed by atoms with Crippen molar-refractivity contribution >= 4 is 29.3 Å². The van der Waals surface area contributed by atoms with Gasteiger partial charge >= 0.3 is 0 Å². The zero-order chi connectivity index (χ0) is 7.98. The lowest BCUT2D eigenvalue weighted by atomic mass is 10.5. The van der Waals surface area contributed by atoms with Crippen molar-refractivity contribution in [2.24, 2.45) is 0 Å². The summed E-state index contributed by atoms with van der Waals surface area (Å²) in [5, 5.41) is 0. The summed E-state index contributed by atoms with van der Waals surface area (Å²) in [7, 11) is 1.54. The molecule has 0 N–H and O–H groups in total. The molecule has 2 nitrogen and oxygen atoms in total. The zero-order valence-corrected chi connectivity index (χ0v) is 8.05. The van der Waals surface area contributed by atoms with E-state index >= 15 is 0 Å². The second-order valence-electron chi connectivity index (χ2n) is 1.70. The van der Waals surface area contributed by atoms with E-state index in [1.165, 1.54) is 7.11 Å². The molecule has 0 atom stereocenters. The highest BCUT2D eigenvalue weighted by Gasteiger charge is 2.14. The Morgan fingerprint density at radius 2 is 2.00 bits per heavy atom. The molecule has 0 radical (unpaired) electrons. The highest BCUT2D eigenvalue weighted by atomic mass is 32.2. The number of hydrogen-bond acceptors (Lipinski definition) is 4. The average molecular weight is 180 g/mol. The van der Waals surface area contributed by atoms with Gasteiger partial charge in [-0.1, -0.05) is 0 Å². The minimum absolute atomic E-state index is 0.0416. The molecule has 0 unspecified atom stereocenters. The van der Waals surface area contributed by atoms with Crippen molar-refractivity contribution in [2.45, 2.75) is 4.58 Å². The molecule has 0 aliphatic heterocycles. The Hall–Kier alpha value is 0.330. The van der Waals surface area contributed by atoms with E-state index in [0.29, 0.717) is 0 Å². The lowest BCUT2D eigenvalue weighted by Gasteiger charge is -2.07. The number of ether oxygens (including phenoxy) is 1. The molecular formula is C6H12O2S2. The first-order valence-corrected chi connectivity index (χ1v) is 5.41. The number of thioether (sulfide) groups is 2. The van der Waals surface area contributed by atoms with Gasteiger partial charge in [0.15, 0.2) is 5.78 Å². The molecule has 0 spiro atoms. The molecule has 0 amide bonds. The van der Waals surface area contributed by atoms with Crippen LogP contribution in [0.4, 0.5) is 0 Å². The molecule has 0 fully saturated rings. The van der Waals surface area contributed by atoms with Crippen LogP contribution in [0.25, 0.3) is 0 Å². The van der Waals surface area contributed by atoms with Gasteiger partial charge < -0.3 is 4.74 Å². The molecule has 0 saturated carbocycles. The molecule has 0 aliphatic carbocycles. The van der Waals surface area contributed by atoms with Gasteiger partial charge in [-0.25, -0.2) is 0 Å². The predicted molar refractivity (Wildman–Crippen MR) is 47.7 cm³/mol. The average Bonchev–Trinajstić information content (AvgIpc) is 1.91. The third kappa shape index (κ3) is 3.49. The van der Waals surface area contributed by atoms with Crippen LogP contribution in [0.3, 0.4) is 0 Å². The summed E-state index contributed by atoms with van der Waals surface area (Å²) in [4.78, 5) is 11.0. The standard InChI is InChI=1S/C6H12O2S2/c1-8-4-5(7)6(9-2)10-3/h6H,4H2,1-3H3. The Morgan fingerprint density at radius 1 is 1.50 bits per heavy atom. The maximum Gasteiger partial charge on any atom is 0.181 e. The van der Waals surface area contributed by atoms with Gasteiger partial charge in [0.25, 0.3) is 0 Å². The van der Waals surface area contributed by atoms with E-state index in [-0.39, 0.29) is 17.0 Å². The van der Waals surface area contributed by atoms with Crippen LogP contribution in [-0.4, -0.2) is 36.6 Å².